The maximum absolute atomic E-state index is 5.69. The van der Waals surface area contributed by atoms with Crippen LogP contribution in [0.2, 0.25) is 52.4 Å². The molecule has 0 aromatic rings. The third-order valence-corrected chi connectivity index (χ3v) is 12.6. The molecule has 0 aliphatic heterocycles. The average Bonchev–Trinajstić information content (AvgIpc) is 2.67. The zero-order chi connectivity index (χ0) is 23.0. The van der Waals surface area contributed by atoms with Gasteiger partial charge in [0, 0.05) is 0 Å². The van der Waals surface area contributed by atoms with Crippen LogP contribution in [0.3, 0.4) is 0 Å². The van der Waals surface area contributed by atoms with Crippen molar-refractivity contribution in [1.29, 1.82) is 0 Å². The highest BCUT2D eigenvalue weighted by Crippen LogP contribution is 2.07. The first kappa shape index (κ1) is 26.6. The van der Waals surface area contributed by atoms with Crippen LogP contribution >= 0.6 is 0 Å². The summed E-state index contributed by atoms with van der Waals surface area (Å²) < 4.78 is 0. The minimum absolute atomic E-state index is 2.02. The first-order chi connectivity index (χ1) is 13.1. The lowest BCUT2D eigenvalue weighted by Crippen LogP contribution is -2.35. The van der Waals surface area contributed by atoms with Gasteiger partial charge in [0.1, 0.15) is 0 Å². The molecule has 0 aliphatic carbocycles. The molecule has 0 aromatic carbocycles. The summed E-state index contributed by atoms with van der Waals surface area (Å²) in [5.41, 5.74) is 38.0. The van der Waals surface area contributed by atoms with E-state index in [1.165, 1.54) is 0 Å². The first-order valence-corrected chi connectivity index (χ1v) is 23.2. The zero-order valence-electron chi connectivity index (χ0n) is 18.8. The van der Waals surface area contributed by atoms with E-state index < -0.39 is 40.4 Å². The molecule has 0 aliphatic rings. The molecule has 5 heteroatoms. The van der Waals surface area contributed by atoms with Crippen molar-refractivity contribution < 1.29 is 0 Å². The molecule has 0 fully saturated rings. The smallest absolute Gasteiger partial charge is 0.126 e. The quantitative estimate of drug-likeness (QED) is 0.388. The largest absolute Gasteiger partial charge is 0.367 e. The van der Waals surface area contributed by atoms with Crippen molar-refractivity contribution in [2.45, 2.75) is 52.4 Å². The van der Waals surface area contributed by atoms with E-state index in [1.807, 2.05) is 52.4 Å². The molecule has 29 heavy (non-hydrogen) atoms. The van der Waals surface area contributed by atoms with Gasteiger partial charge < -0.3 is 0 Å². The minimum atomic E-state index is -2.99. The van der Waals surface area contributed by atoms with Crippen LogP contribution in [0.4, 0.5) is 0 Å². The predicted octanol–water partition coefficient (Wildman–Crippen LogP) is 3.29. The van der Waals surface area contributed by atoms with Crippen LogP contribution in [-0.4, -0.2) is 40.4 Å². The maximum Gasteiger partial charge on any atom is 0.367 e. The van der Waals surface area contributed by atoms with Gasteiger partial charge in [-0.2, -0.15) is 0 Å². The Balaban J connectivity index is 7.17. The highest BCUT2D eigenvalue weighted by molar-refractivity contribution is 7.11. The number of terminal acetylenes is 4. The fraction of sp³-hybridized carbons (Fsp3) is 0.333. The maximum atomic E-state index is 5.69. The monoisotopic (exact) mass is 456 g/mol. The Morgan fingerprint density at radius 2 is 0.517 bits per heavy atom. The van der Waals surface area contributed by atoms with Crippen LogP contribution in [0.15, 0.2) is 0 Å². The summed E-state index contributed by atoms with van der Waals surface area (Å²) in [5, 5.41) is 0. The van der Waals surface area contributed by atoms with E-state index in [0.717, 1.165) is 0 Å². The number of hydrogen-bond acceptors (Lipinski definition) is 0. The van der Waals surface area contributed by atoms with Gasteiger partial charge in [-0.15, -0.1) is 70.0 Å². The second kappa shape index (κ2) is 9.85. The van der Waals surface area contributed by atoms with Gasteiger partial charge in [-0.25, -0.2) is 0 Å². The normalized spacial score (nSPS) is 10.9. The fourth-order valence-electron chi connectivity index (χ4n) is 1.33. The van der Waals surface area contributed by atoms with Gasteiger partial charge in [-0.3, -0.25) is 0 Å². The summed E-state index contributed by atoms with van der Waals surface area (Å²) in [4.78, 5) is 0. The Kier molecular flexibility index (Phi) is 9.03. The van der Waals surface area contributed by atoms with Gasteiger partial charge in [-0.05, 0) is 52.4 Å². The highest BCUT2D eigenvalue weighted by Gasteiger charge is 2.30. The predicted molar refractivity (Wildman–Crippen MR) is 142 cm³/mol. The fourth-order valence-corrected chi connectivity index (χ4v) is 10.00. The van der Waals surface area contributed by atoms with E-state index in [2.05, 4.69) is 66.5 Å². The van der Waals surface area contributed by atoms with Crippen molar-refractivity contribution in [2.24, 2.45) is 0 Å². The summed E-state index contributed by atoms with van der Waals surface area (Å²) in [5.74, 6) is 0. The van der Waals surface area contributed by atoms with Crippen LogP contribution in [-0.2, 0) is 0 Å². The standard InChI is InChI=1S/C24H28Si5/c1-13-25(5,6)17-21-29(22-18-26(7,8)14-2,23-19-27(9,10)15-3)24-20-28(11,12)16-4/h1-4H,5-12H3. The van der Waals surface area contributed by atoms with Crippen LogP contribution in [0.1, 0.15) is 0 Å². The van der Waals surface area contributed by atoms with Crippen molar-refractivity contribution in [3.63, 3.8) is 0 Å². The van der Waals surface area contributed by atoms with E-state index in [4.69, 9.17) is 25.7 Å². The van der Waals surface area contributed by atoms with Gasteiger partial charge in [0.2, 0.25) is 32.3 Å². The van der Waals surface area contributed by atoms with Crippen LogP contribution < -0.4 is 0 Å². The lowest BCUT2D eigenvalue weighted by molar-refractivity contribution is 1.94. The Labute approximate surface area is 184 Å². The van der Waals surface area contributed by atoms with E-state index in [1.54, 1.807) is 0 Å². The zero-order valence-corrected chi connectivity index (χ0v) is 23.8. The van der Waals surface area contributed by atoms with Crippen LogP contribution in [0.25, 0.3) is 0 Å². The molecule has 0 aromatic heterocycles. The van der Waals surface area contributed by atoms with E-state index in [-0.39, 0.29) is 0 Å². The average molecular weight is 457 g/mol. The van der Waals surface area contributed by atoms with Crippen molar-refractivity contribution in [3.8, 4) is 92.2 Å². The molecule has 0 heterocycles. The molecule has 0 bridgehead atoms. The summed E-state index contributed by atoms with van der Waals surface area (Å²) in [6, 6.07) is 0. The molecule has 0 atom stereocenters. The molecule has 0 amide bonds. The first-order valence-electron chi connectivity index (χ1n) is 9.15. The summed E-state index contributed by atoms with van der Waals surface area (Å²) in [6.45, 7) is 16.2. The second-order valence-electron chi connectivity index (χ2n) is 8.83. The Bertz CT molecular complexity index is 893. The van der Waals surface area contributed by atoms with E-state index in [9.17, 15) is 0 Å². The minimum Gasteiger partial charge on any atom is -0.126 e. The van der Waals surface area contributed by atoms with Crippen molar-refractivity contribution in [2.75, 3.05) is 0 Å². The third-order valence-electron chi connectivity index (χ3n) is 3.69. The van der Waals surface area contributed by atoms with Gasteiger partial charge >= 0.3 is 8.07 Å². The molecule has 0 unspecified atom stereocenters. The Morgan fingerprint density at radius 1 is 0.345 bits per heavy atom. The SMILES string of the molecule is C#C[Si](C)(C)C#C[Si](C#C[Si](C)(C)C#C)(C#C[Si](C)(C)C#C)C#C[Si](C)(C)C#C. The summed E-state index contributed by atoms with van der Waals surface area (Å²) in [7, 11) is -11.5. The van der Waals surface area contributed by atoms with Gasteiger partial charge in [0.25, 0.3) is 0 Å². The highest BCUT2D eigenvalue weighted by atomic mass is 28.3. The number of rotatable bonds is 0. The molecule has 144 valence electrons. The second-order valence-corrected chi connectivity index (χ2v) is 26.5. The third kappa shape index (κ3) is 10.1. The summed E-state index contributed by atoms with van der Waals surface area (Å²) in [6.07, 6.45) is 22.7. The van der Waals surface area contributed by atoms with Gasteiger partial charge in [0.05, 0.1) is 0 Å². The topological polar surface area (TPSA) is 0 Å². The van der Waals surface area contributed by atoms with E-state index >= 15 is 0 Å². The Hall–Kier alpha value is -2.44. The van der Waals surface area contributed by atoms with Crippen molar-refractivity contribution in [3.05, 3.63) is 0 Å². The lowest BCUT2D eigenvalue weighted by Gasteiger charge is -2.12. The molecule has 0 radical (unpaired) electrons. The van der Waals surface area contributed by atoms with Crippen LogP contribution in [0.5, 0.6) is 0 Å². The molecule has 0 saturated heterocycles. The molecular formula is C24H28Si5. The molecule has 0 spiro atoms. The molecule has 0 rings (SSSR count). The molecular weight excluding hydrogens is 429 g/mol. The molecule has 0 N–H and O–H groups in total. The number of hydrogen-bond donors (Lipinski definition) is 0. The van der Waals surface area contributed by atoms with Crippen molar-refractivity contribution in [1.82, 2.24) is 0 Å². The van der Waals surface area contributed by atoms with E-state index in [0.29, 0.717) is 0 Å². The lowest BCUT2D eigenvalue weighted by atomic mass is 11.3. The Morgan fingerprint density at radius 3 is 0.655 bits per heavy atom. The molecule has 0 saturated carbocycles. The van der Waals surface area contributed by atoms with Gasteiger partial charge in [0.15, 0.2) is 0 Å². The van der Waals surface area contributed by atoms with Crippen molar-refractivity contribution >= 4 is 40.4 Å². The van der Waals surface area contributed by atoms with Gasteiger partial charge in [-0.1, -0.05) is 22.2 Å². The summed E-state index contributed by atoms with van der Waals surface area (Å²) >= 11 is 0. The van der Waals surface area contributed by atoms with Crippen LogP contribution in [0, 0.1) is 92.2 Å². The molecule has 0 nitrogen and oxygen atoms in total.